The van der Waals surface area contributed by atoms with Crippen molar-refractivity contribution in [1.29, 1.82) is 0 Å². The average molecular weight is 375 g/mol. The molecule has 1 fully saturated rings. The molecule has 3 rings (SSSR count). The summed E-state index contributed by atoms with van der Waals surface area (Å²) in [5, 5.41) is 7.28. The molecule has 1 aliphatic heterocycles. The molecule has 3 heterocycles. The fourth-order valence-electron chi connectivity index (χ4n) is 2.50. The van der Waals surface area contributed by atoms with Gasteiger partial charge in [-0.25, -0.2) is 16.8 Å². The van der Waals surface area contributed by atoms with Crippen LogP contribution >= 0.6 is 0 Å². The summed E-state index contributed by atoms with van der Waals surface area (Å²) in [6.45, 7) is 0.605. The Bertz CT molecular complexity index is 904. The molecule has 0 bridgehead atoms. The van der Waals surface area contributed by atoms with Crippen LogP contribution in [0.1, 0.15) is 6.42 Å². The fraction of sp³-hybridized carbons (Fsp3) is 0.500. The molecule has 0 radical (unpaired) electrons. The lowest BCUT2D eigenvalue weighted by Gasteiger charge is -2.20. The van der Waals surface area contributed by atoms with E-state index in [0.29, 0.717) is 6.42 Å². The van der Waals surface area contributed by atoms with Crippen molar-refractivity contribution in [2.75, 3.05) is 26.2 Å². The summed E-state index contributed by atoms with van der Waals surface area (Å²) >= 11 is 0. The Morgan fingerprint density at radius 1 is 0.958 bits per heavy atom. The van der Waals surface area contributed by atoms with E-state index in [-0.39, 0.29) is 36.0 Å². The van der Waals surface area contributed by atoms with Gasteiger partial charge in [0, 0.05) is 39.4 Å². The Morgan fingerprint density at radius 3 is 2.08 bits per heavy atom. The first-order chi connectivity index (χ1) is 11.3. The van der Waals surface area contributed by atoms with Crippen LogP contribution in [0, 0.1) is 0 Å². The van der Waals surface area contributed by atoms with Crippen molar-refractivity contribution in [2.24, 2.45) is 7.05 Å². The monoisotopic (exact) mass is 375 g/mol. The van der Waals surface area contributed by atoms with Crippen LogP contribution in [-0.4, -0.2) is 66.6 Å². The second-order valence-electron chi connectivity index (χ2n) is 5.37. The standard InChI is InChI=1S/C12H17N5O5S2/c1-15-9-11(7-13-15)23(18,19)16-3-2-4-17(6-5-16)24(20,21)12-8-14-22-10-12/h7-10H,2-6H2,1H3. The zero-order valence-electron chi connectivity index (χ0n) is 12.9. The lowest BCUT2D eigenvalue weighted by molar-refractivity contribution is 0.402. The number of nitrogens with zero attached hydrogens (tertiary/aromatic N) is 5. The van der Waals surface area contributed by atoms with Crippen molar-refractivity contribution in [2.45, 2.75) is 16.2 Å². The van der Waals surface area contributed by atoms with Gasteiger partial charge >= 0.3 is 0 Å². The molecular formula is C12H17N5O5S2. The third-order valence-corrected chi connectivity index (χ3v) is 7.47. The van der Waals surface area contributed by atoms with Crippen LogP contribution in [-0.2, 0) is 27.1 Å². The number of rotatable bonds is 4. The van der Waals surface area contributed by atoms with Crippen molar-refractivity contribution >= 4 is 20.0 Å². The zero-order chi connectivity index (χ0) is 17.4. The summed E-state index contributed by atoms with van der Waals surface area (Å²) in [6, 6.07) is 0. The molecule has 1 saturated heterocycles. The predicted octanol–water partition coefficient (Wildman–Crippen LogP) is -0.507. The average Bonchev–Trinajstić information content (AvgIpc) is 3.14. The van der Waals surface area contributed by atoms with E-state index in [1.807, 2.05) is 0 Å². The molecule has 0 saturated carbocycles. The van der Waals surface area contributed by atoms with Gasteiger partial charge in [0.2, 0.25) is 20.0 Å². The Labute approximate surface area is 139 Å². The van der Waals surface area contributed by atoms with Crippen LogP contribution in [0.15, 0.2) is 39.2 Å². The van der Waals surface area contributed by atoms with Gasteiger partial charge in [0.25, 0.3) is 0 Å². The quantitative estimate of drug-likeness (QED) is 0.706. The van der Waals surface area contributed by atoms with Gasteiger partial charge in [-0.1, -0.05) is 5.16 Å². The maximum absolute atomic E-state index is 12.6. The SMILES string of the molecule is Cn1cc(S(=O)(=O)N2CCCN(S(=O)(=O)c3cnoc3)CC2)cn1. The Kier molecular flexibility index (Phi) is 4.46. The lowest BCUT2D eigenvalue weighted by Crippen LogP contribution is -2.37. The number of sulfonamides is 2. The number of aryl methyl sites for hydroxylation is 1. The van der Waals surface area contributed by atoms with E-state index < -0.39 is 20.0 Å². The van der Waals surface area contributed by atoms with Gasteiger partial charge in [-0.2, -0.15) is 13.7 Å². The van der Waals surface area contributed by atoms with Gasteiger partial charge < -0.3 is 4.52 Å². The molecule has 0 aromatic carbocycles. The van der Waals surface area contributed by atoms with Gasteiger partial charge in [0.15, 0.2) is 0 Å². The highest BCUT2D eigenvalue weighted by Crippen LogP contribution is 2.20. The molecule has 10 nitrogen and oxygen atoms in total. The van der Waals surface area contributed by atoms with Gasteiger partial charge in [-0.05, 0) is 6.42 Å². The van der Waals surface area contributed by atoms with E-state index in [2.05, 4.69) is 14.8 Å². The molecule has 12 heteroatoms. The summed E-state index contributed by atoms with van der Waals surface area (Å²) in [7, 11) is -5.79. The summed E-state index contributed by atoms with van der Waals surface area (Å²) < 4.78 is 58.7. The molecule has 0 spiro atoms. The first-order valence-corrected chi connectivity index (χ1v) is 10.1. The molecule has 0 atom stereocenters. The van der Waals surface area contributed by atoms with Crippen molar-refractivity contribution in [3.63, 3.8) is 0 Å². The van der Waals surface area contributed by atoms with Gasteiger partial charge in [-0.3, -0.25) is 4.68 Å². The molecule has 2 aromatic rings. The Hall–Kier alpha value is -1.76. The predicted molar refractivity (Wildman–Crippen MR) is 81.8 cm³/mol. The zero-order valence-corrected chi connectivity index (χ0v) is 14.6. The molecule has 0 N–H and O–H groups in total. The number of hydrogen-bond acceptors (Lipinski definition) is 7. The molecule has 0 amide bonds. The summed E-state index contributed by atoms with van der Waals surface area (Å²) in [5.74, 6) is 0. The van der Waals surface area contributed by atoms with Crippen LogP contribution in [0.5, 0.6) is 0 Å². The van der Waals surface area contributed by atoms with Crippen molar-refractivity contribution in [3.05, 3.63) is 24.9 Å². The molecule has 132 valence electrons. The van der Waals surface area contributed by atoms with Crippen LogP contribution in [0.25, 0.3) is 0 Å². The van der Waals surface area contributed by atoms with Crippen molar-refractivity contribution in [1.82, 2.24) is 23.5 Å². The van der Waals surface area contributed by atoms with E-state index in [1.54, 1.807) is 7.05 Å². The maximum Gasteiger partial charge on any atom is 0.247 e. The maximum atomic E-state index is 12.6. The van der Waals surface area contributed by atoms with Crippen molar-refractivity contribution in [3.8, 4) is 0 Å². The van der Waals surface area contributed by atoms with Crippen LogP contribution in [0.4, 0.5) is 0 Å². The normalized spacial score (nSPS) is 18.5. The first-order valence-electron chi connectivity index (χ1n) is 7.20. The third kappa shape index (κ3) is 3.09. The van der Waals surface area contributed by atoms with Crippen LogP contribution < -0.4 is 0 Å². The number of aromatic nitrogens is 3. The molecule has 1 aliphatic rings. The van der Waals surface area contributed by atoms with Crippen molar-refractivity contribution < 1.29 is 21.4 Å². The smallest absolute Gasteiger partial charge is 0.247 e. The van der Waals surface area contributed by atoms with E-state index in [4.69, 9.17) is 0 Å². The highest BCUT2D eigenvalue weighted by atomic mass is 32.2. The van der Waals surface area contributed by atoms with E-state index in [9.17, 15) is 16.8 Å². The number of hydrogen-bond donors (Lipinski definition) is 0. The molecule has 2 aromatic heterocycles. The topological polar surface area (TPSA) is 119 Å². The van der Waals surface area contributed by atoms with Crippen LogP contribution in [0.2, 0.25) is 0 Å². The van der Waals surface area contributed by atoms with Gasteiger partial charge in [0.05, 0.1) is 12.4 Å². The second-order valence-corrected chi connectivity index (χ2v) is 9.25. The lowest BCUT2D eigenvalue weighted by atomic mass is 10.4. The summed E-state index contributed by atoms with van der Waals surface area (Å²) in [6.07, 6.45) is 5.29. The highest BCUT2D eigenvalue weighted by molar-refractivity contribution is 7.89. The van der Waals surface area contributed by atoms with Gasteiger partial charge in [-0.15, -0.1) is 0 Å². The molecule has 0 unspecified atom stereocenters. The third-order valence-electron chi connectivity index (χ3n) is 3.78. The molecule has 0 aliphatic carbocycles. The van der Waals surface area contributed by atoms with E-state index in [0.717, 1.165) is 12.5 Å². The largest absolute Gasteiger partial charge is 0.363 e. The van der Waals surface area contributed by atoms with E-state index >= 15 is 0 Å². The second kappa shape index (κ2) is 6.27. The minimum atomic E-state index is -3.73. The van der Waals surface area contributed by atoms with Gasteiger partial charge in [0.1, 0.15) is 16.1 Å². The molecular weight excluding hydrogens is 358 g/mol. The summed E-state index contributed by atoms with van der Waals surface area (Å²) in [4.78, 5) is 0.0615. The van der Waals surface area contributed by atoms with Crippen LogP contribution in [0.3, 0.4) is 0 Å². The Morgan fingerprint density at radius 2 is 1.58 bits per heavy atom. The minimum absolute atomic E-state index is 0.0360. The Balaban J connectivity index is 1.78. The van der Waals surface area contributed by atoms with E-state index in [1.165, 1.54) is 25.7 Å². The molecule has 24 heavy (non-hydrogen) atoms. The highest BCUT2D eigenvalue weighted by Gasteiger charge is 2.32. The minimum Gasteiger partial charge on any atom is -0.363 e. The fourth-order valence-corrected chi connectivity index (χ4v) is 5.29. The first kappa shape index (κ1) is 17.1. The summed E-state index contributed by atoms with van der Waals surface area (Å²) in [5.41, 5.74) is 0.